The Kier molecular flexibility index (Phi) is 31.6. The molecule has 15 rings (SSSR count). The molecule has 2 aliphatic rings. The summed E-state index contributed by atoms with van der Waals surface area (Å²) in [5.41, 5.74) is 14.3. The van der Waals surface area contributed by atoms with Crippen LogP contribution in [0.4, 0.5) is 23.4 Å². The molecule has 2 amide bonds. The van der Waals surface area contributed by atoms with E-state index in [-0.39, 0.29) is 71.7 Å². The van der Waals surface area contributed by atoms with Gasteiger partial charge in [0, 0.05) is 109 Å². The zero-order chi connectivity index (χ0) is 79.0. The number of nitrogen functional groups attached to an aromatic ring is 1. The number of anilines is 1. The van der Waals surface area contributed by atoms with Gasteiger partial charge in [0.25, 0.3) is 11.8 Å². The van der Waals surface area contributed by atoms with E-state index in [1.165, 1.54) is 144 Å². The van der Waals surface area contributed by atoms with Crippen molar-refractivity contribution < 1.29 is 60.5 Å². The lowest BCUT2D eigenvalue weighted by Gasteiger charge is -2.30. The number of hydrogen-bond donors (Lipinski definition) is 4. The average molecular weight is 1750 g/mol. The van der Waals surface area contributed by atoms with Gasteiger partial charge < -0.3 is 41.0 Å². The standard InChI is InChI=1S/C23H19FN2O4S.C13H18N2O5.C11H6FIN2S.C11H8FN3S.C9H19N.C8H4BrFS.C4H6N2/c1-29-21-9-6-14(12-22(21)30-2)19(27)7-8-20(28)17-10-11-26(25-17)18-13-31-23-15(18)4-3-5-16(23)24;1-15(20-4)12(16)8-14-13(17)9-5-6-10(18-2)11(7-9)19-3;2*12-8-3-1-2-7-9(6-16-11(7)8)15-5-4-10(13)14-15;1-3-8-6-4-5-7-9(8)10-2;9-6-4-11-8-5(6)2-1-3-7(8)10;5-4-2-1-3-6-4/h3-6,9-13H,7-8H2,1-2H3;5-7H,8H2,1-4H3,(H,14,17);1-6H;1-6H,(H2,13,14);8-10H,3-7H2,1-2H3;1-4H;1-2H,3H2,(H2,5,6). The number of amides is 2. The van der Waals surface area contributed by atoms with Crippen molar-refractivity contribution in [2.24, 2.45) is 16.6 Å². The van der Waals surface area contributed by atoms with Gasteiger partial charge in [-0.2, -0.15) is 15.3 Å². The second-order valence-corrected chi connectivity index (χ2v) is 29.6. The fraction of sp³-hybridized carbons (Fsp3) is 0.241. The topological polar surface area (TPSA) is 260 Å². The largest absolute Gasteiger partial charge is 0.493 e. The number of aromatic nitrogens is 6. The quantitative estimate of drug-likeness (QED) is 0.0269. The van der Waals surface area contributed by atoms with Gasteiger partial charge in [0.05, 0.1) is 84.5 Å². The average Bonchev–Trinajstić information content (AvgIpc) is 1.67. The summed E-state index contributed by atoms with van der Waals surface area (Å²) in [6.07, 6.45) is 16.2. The molecule has 1 fully saturated rings. The number of nitrogens with zero attached hydrogens (tertiary/aromatic N) is 8. The van der Waals surface area contributed by atoms with Gasteiger partial charge in [-0.1, -0.05) is 80.8 Å². The number of halogens is 6. The number of nitrogens with one attached hydrogen (secondary N) is 2. The zero-order valence-corrected chi connectivity index (χ0v) is 68.2. The van der Waals surface area contributed by atoms with Crippen molar-refractivity contribution in [1.82, 2.24) is 45.0 Å². The van der Waals surface area contributed by atoms with Crippen LogP contribution in [0.25, 0.3) is 57.4 Å². The molecule has 6 aromatic carbocycles. The highest BCUT2D eigenvalue weighted by atomic mass is 127. The van der Waals surface area contributed by atoms with E-state index in [1.807, 2.05) is 58.7 Å². The fourth-order valence-electron chi connectivity index (χ4n) is 11.5. The third kappa shape index (κ3) is 22.0. The Bertz CT molecular complexity index is 5220. The Hall–Kier alpha value is -9.87. The second-order valence-electron chi connectivity index (χ2n) is 24.1. The van der Waals surface area contributed by atoms with Crippen molar-refractivity contribution >= 4 is 159 Å². The minimum atomic E-state index is -0.385. The lowest BCUT2D eigenvalue weighted by Crippen LogP contribution is -2.37. The molecule has 110 heavy (non-hydrogen) atoms. The smallest absolute Gasteiger partial charge is 0.265 e. The van der Waals surface area contributed by atoms with Crippen LogP contribution in [0.5, 0.6) is 23.0 Å². The van der Waals surface area contributed by atoms with Crippen LogP contribution in [-0.4, -0.2) is 132 Å². The van der Waals surface area contributed by atoms with Crippen molar-refractivity contribution in [2.45, 2.75) is 57.9 Å². The van der Waals surface area contributed by atoms with E-state index in [0.717, 1.165) is 69.4 Å². The van der Waals surface area contributed by atoms with Crippen LogP contribution < -0.4 is 41.0 Å². The van der Waals surface area contributed by atoms with Crippen molar-refractivity contribution in [3.05, 3.63) is 228 Å². The molecule has 1 aliphatic carbocycles. The summed E-state index contributed by atoms with van der Waals surface area (Å²) in [5.74, 6) is 2.06. The van der Waals surface area contributed by atoms with Gasteiger partial charge in [0.15, 0.2) is 34.6 Å². The van der Waals surface area contributed by atoms with E-state index in [2.05, 4.69) is 83.4 Å². The summed E-state index contributed by atoms with van der Waals surface area (Å²) in [7, 11) is 10.9. The fourth-order valence-corrected chi connectivity index (χ4v) is 16.3. The Morgan fingerprint density at radius 1 is 0.591 bits per heavy atom. The first-order valence-corrected chi connectivity index (χ1v) is 39.6. The number of thiophene rings is 4. The highest BCUT2D eigenvalue weighted by Crippen LogP contribution is 2.36. The molecule has 2 atom stereocenters. The van der Waals surface area contributed by atoms with Crippen LogP contribution in [0, 0.1) is 32.9 Å². The third-order valence-corrected chi connectivity index (χ3v) is 22.8. The van der Waals surface area contributed by atoms with Gasteiger partial charge in [-0.15, -0.1) is 45.3 Å². The first-order chi connectivity index (χ1) is 53.1. The van der Waals surface area contributed by atoms with Crippen LogP contribution in [0.1, 0.15) is 83.1 Å². The summed E-state index contributed by atoms with van der Waals surface area (Å²) in [6, 6.07) is 35.8. The normalized spacial score (nSPS) is 13.3. The van der Waals surface area contributed by atoms with E-state index < -0.39 is 0 Å². The Labute approximate surface area is 670 Å². The van der Waals surface area contributed by atoms with Crippen molar-refractivity contribution in [1.29, 1.82) is 0 Å². The molecule has 2 unspecified atom stereocenters. The van der Waals surface area contributed by atoms with Gasteiger partial charge in [0.1, 0.15) is 44.3 Å². The molecule has 7 aromatic heterocycles. The number of Topliss-reactive ketones (excluding diaryl/α,β-unsaturated/α-hetero) is 2. The minimum Gasteiger partial charge on any atom is -0.493 e. The van der Waals surface area contributed by atoms with Gasteiger partial charge in [-0.25, -0.2) is 36.7 Å². The maximum Gasteiger partial charge on any atom is 0.265 e. The molecule has 576 valence electrons. The van der Waals surface area contributed by atoms with Gasteiger partial charge >= 0.3 is 0 Å². The summed E-state index contributed by atoms with van der Waals surface area (Å²) in [5, 5.41) is 30.7. The minimum absolute atomic E-state index is 0.0310. The molecule has 13 aromatic rings. The first-order valence-electron chi connectivity index (χ1n) is 34.2. The summed E-state index contributed by atoms with van der Waals surface area (Å²) in [6.45, 7) is 2.92. The van der Waals surface area contributed by atoms with Gasteiger partial charge in [-0.05, 0) is 143 Å². The Morgan fingerprint density at radius 2 is 1.06 bits per heavy atom. The predicted octanol–water partition coefficient (Wildman–Crippen LogP) is 18.1. The Balaban J connectivity index is 0.000000155. The zero-order valence-electron chi connectivity index (χ0n) is 61.1. The number of carbonyl (C=O) groups is 4. The van der Waals surface area contributed by atoms with Crippen molar-refractivity contribution in [3.63, 3.8) is 0 Å². The number of ether oxygens (including phenoxy) is 4. The summed E-state index contributed by atoms with van der Waals surface area (Å²) >= 11 is 11.0. The van der Waals surface area contributed by atoms with Gasteiger partial charge in [0.2, 0.25) is 0 Å². The summed E-state index contributed by atoms with van der Waals surface area (Å²) in [4.78, 5) is 57.0. The number of likely N-dealkylation sites (N-methyl/N-ethyl adjacent to an activating group) is 1. The van der Waals surface area contributed by atoms with Crippen LogP contribution in [-0.2, 0) is 9.63 Å². The van der Waals surface area contributed by atoms with Crippen LogP contribution in [0.2, 0.25) is 0 Å². The summed E-state index contributed by atoms with van der Waals surface area (Å²) < 4.78 is 84.0. The number of hydroxylamine groups is 2. The molecule has 8 heterocycles. The molecule has 0 bridgehead atoms. The molecular weight excluding hydrogens is 1670 g/mol. The predicted molar refractivity (Wildman–Crippen MR) is 443 cm³/mol. The van der Waals surface area contributed by atoms with E-state index in [4.69, 9.17) is 35.3 Å². The molecule has 6 N–H and O–H groups in total. The molecule has 0 saturated heterocycles. The third-order valence-electron chi connectivity index (χ3n) is 17.3. The number of amidine groups is 1. The van der Waals surface area contributed by atoms with Gasteiger partial charge in [-0.3, -0.25) is 29.0 Å². The molecule has 1 saturated carbocycles. The maximum absolute atomic E-state index is 13.9. The van der Waals surface area contributed by atoms with E-state index in [0.29, 0.717) is 65.6 Å². The molecular formula is C79H80BrF4IN12O9S4. The number of aliphatic imine (C=N–C) groups is 1. The number of benzene rings is 6. The number of ketones is 2. The van der Waals surface area contributed by atoms with Crippen molar-refractivity contribution in [3.8, 4) is 40.1 Å². The Morgan fingerprint density at radius 3 is 1.51 bits per heavy atom. The van der Waals surface area contributed by atoms with Crippen molar-refractivity contribution in [2.75, 3.05) is 68.5 Å². The highest BCUT2D eigenvalue weighted by Gasteiger charge is 2.23. The number of nitrogens with two attached hydrogens (primary N) is 2. The number of hydrogen-bond acceptors (Lipinski definition) is 20. The highest BCUT2D eigenvalue weighted by molar-refractivity contribution is 14.1. The number of methoxy groups -OCH3 is 4. The SMILES string of the molecule is CCC1CCCCC1NC.COc1ccc(C(=O)CCC(=O)c2ccn(-c3csc4c(F)cccc34)n2)cc1OC.COc1ccc(C(=O)NCC(=O)N(C)OC)cc1OC.Fc1cccc2c(-n3ccc(I)n3)csc12.Fc1cccc2c(Br)csc12.NC1=NCC=C1.Nc1ccn(-c2csc3c(F)cccc23)n1. The van der Waals surface area contributed by atoms with Crippen LogP contribution >= 0.6 is 83.9 Å². The first kappa shape index (κ1) is 84.2. The maximum atomic E-state index is 13.9. The lowest BCUT2D eigenvalue weighted by atomic mass is 9.83. The monoisotopic (exact) mass is 1750 g/mol. The van der Waals surface area contributed by atoms with E-state index in [1.54, 1.807) is 111 Å². The molecule has 1 aliphatic heterocycles. The number of rotatable bonds is 18. The molecule has 31 heteroatoms. The molecule has 21 nitrogen and oxygen atoms in total. The number of carbonyl (C=O) groups excluding carboxylic acids is 4. The van der Waals surface area contributed by atoms with E-state index >= 15 is 0 Å². The van der Waals surface area contributed by atoms with Crippen LogP contribution in [0.3, 0.4) is 0 Å². The lowest BCUT2D eigenvalue weighted by molar-refractivity contribution is -0.167. The van der Waals surface area contributed by atoms with Crippen LogP contribution in [0.15, 0.2) is 189 Å². The van der Waals surface area contributed by atoms with E-state index in [9.17, 15) is 36.7 Å². The second kappa shape index (κ2) is 41.2. The molecule has 0 radical (unpaired) electrons. The molecule has 0 spiro atoms. The number of fused-ring (bicyclic) bond motifs is 4.